The first-order valence-electron chi connectivity index (χ1n) is 13.3. The highest BCUT2D eigenvalue weighted by molar-refractivity contribution is 14.1. The zero-order valence-corrected chi connectivity index (χ0v) is 26.8. The normalized spacial score (nSPS) is 10.9. The number of aromatic nitrogens is 2. The molecule has 0 aliphatic heterocycles. The van der Waals surface area contributed by atoms with E-state index in [0.717, 1.165) is 9.13 Å². The lowest BCUT2D eigenvalue weighted by Crippen LogP contribution is -2.15. The lowest BCUT2D eigenvalue weighted by molar-refractivity contribution is 0.276. The van der Waals surface area contributed by atoms with Gasteiger partial charge in [0.2, 0.25) is 5.75 Å². The van der Waals surface area contributed by atoms with Crippen molar-refractivity contribution in [3.63, 3.8) is 0 Å². The topological polar surface area (TPSA) is 101 Å². The van der Waals surface area contributed by atoms with E-state index in [-0.39, 0.29) is 5.56 Å². The molecule has 43 heavy (non-hydrogen) atoms. The summed E-state index contributed by atoms with van der Waals surface area (Å²) in [5, 5.41) is 0.712. The number of ether oxygens (including phenoxy) is 6. The summed E-state index contributed by atoms with van der Waals surface area (Å²) in [6.07, 6.45) is 0. The van der Waals surface area contributed by atoms with Gasteiger partial charge in [0.05, 0.1) is 52.3 Å². The van der Waals surface area contributed by atoms with Gasteiger partial charge >= 0.3 is 0 Å². The highest BCUT2D eigenvalue weighted by Crippen LogP contribution is 2.47. The molecule has 2 heterocycles. The summed E-state index contributed by atoms with van der Waals surface area (Å²) in [6, 6.07) is 18.9. The Morgan fingerprint density at radius 2 is 1.47 bits per heavy atom. The van der Waals surface area contributed by atoms with Crippen LogP contribution >= 0.6 is 22.6 Å². The van der Waals surface area contributed by atoms with Gasteiger partial charge in [0.25, 0.3) is 5.56 Å². The van der Waals surface area contributed by atoms with Gasteiger partial charge in [-0.15, -0.1) is 0 Å². The maximum atomic E-state index is 13.5. The van der Waals surface area contributed by atoms with Crippen LogP contribution in [0.2, 0.25) is 0 Å². The number of benzene rings is 3. The van der Waals surface area contributed by atoms with E-state index < -0.39 is 0 Å². The maximum Gasteiger partial charge on any atom is 0.252 e. The summed E-state index contributed by atoms with van der Waals surface area (Å²) in [7, 11) is 7.85. The van der Waals surface area contributed by atoms with Crippen LogP contribution in [-0.2, 0) is 6.61 Å². The third kappa shape index (κ3) is 5.54. The molecule has 3 aromatic carbocycles. The molecule has 10 heteroatoms. The third-order valence-corrected chi connectivity index (χ3v) is 8.23. The number of H-pyrrole nitrogens is 1. The summed E-state index contributed by atoms with van der Waals surface area (Å²) >= 11 is 2.24. The van der Waals surface area contributed by atoms with E-state index in [2.05, 4.69) is 27.6 Å². The van der Waals surface area contributed by atoms with Crippen LogP contribution in [0.4, 0.5) is 0 Å². The molecular formula is C33H31IN2O7. The van der Waals surface area contributed by atoms with E-state index in [1.807, 2.05) is 48.5 Å². The Hall–Kier alpha value is -4.45. The van der Waals surface area contributed by atoms with Gasteiger partial charge in [0, 0.05) is 26.3 Å². The van der Waals surface area contributed by atoms with Crippen LogP contribution in [0.3, 0.4) is 0 Å². The van der Waals surface area contributed by atoms with Crippen LogP contribution in [0.15, 0.2) is 65.5 Å². The second-order valence-corrected chi connectivity index (χ2v) is 10.6. The summed E-state index contributed by atoms with van der Waals surface area (Å²) in [4.78, 5) is 21.4. The lowest BCUT2D eigenvalue weighted by atomic mass is 9.98. The second-order valence-electron chi connectivity index (χ2n) is 9.50. The fourth-order valence-corrected chi connectivity index (χ4v) is 6.11. The number of nitrogens with one attached hydrogen (secondary N) is 1. The standard InChI is InChI=1S/C33H31IN2O7/c1-18-26(20-13-15-23(38-2)32(42-6)31(20)43-17-19-10-8-7-9-11-19)27(34)29(36-33(18)37)22-14-12-21-28(35-22)24(39-3)16-25(40-4)30(21)41-5/h7-16H,17H2,1-6H3,(H,36,37). The monoisotopic (exact) mass is 694 g/mol. The van der Waals surface area contributed by atoms with Crippen LogP contribution in [0.1, 0.15) is 11.1 Å². The number of nitrogens with zero attached hydrogens (tertiary/aromatic N) is 1. The Kier molecular flexibility index (Phi) is 8.95. The average Bonchev–Trinajstić information content (AvgIpc) is 3.04. The molecule has 0 aliphatic rings. The SMILES string of the molecule is COc1ccc(-c2c(I)c(-c3ccc4c(OC)c(OC)cc(OC)c4n3)[nH]c(=O)c2C)c(OCc2ccccc2)c1OC. The summed E-state index contributed by atoms with van der Waals surface area (Å²) in [5.41, 5.74) is 4.30. The molecule has 0 atom stereocenters. The molecule has 0 saturated heterocycles. The summed E-state index contributed by atoms with van der Waals surface area (Å²) < 4.78 is 35.3. The molecule has 0 unspecified atom stereocenters. The van der Waals surface area contributed by atoms with Crippen LogP contribution in [0.5, 0.6) is 34.5 Å². The van der Waals surface area contributed by atoms with Crippen molar-refractivity contribution in [2.24, 2.45) is 0 Å². The van der Waals surface area contributed by atoms with Crippen molar-refractivity contribution in [2.75, 3.05) is 35.5 Å². The highest BCUT2D eigenvalue weighted by atomic mass is 127. The molecule has 0 saturated carbocycles. The Morgan fingerprint density at radius 3 is 2.12 bits per heavy atom. The Bertz CT molecular complexity index is 1860. The summed E-state index contributed by atoms with van der Waals surface area (Å²) in [6.45, 7) is 2.08. The lowest BCUT2D eigenvalue weighted by Gasteiger charge is -2.20. The van der Waals surface area contributed by atoms with Gasteiger partial charge < -0.3 is 33.4 Å². The van der Waals surface area contributed by atoms with Crippen molar-refractivity contribution in [3.8, 4) is 57.0 Å². The van der Waals surface area contributed by atoms with E-state index in [9.17, 15) is 4.79 Å². The first-order valence-corrected chi connectivity index (χ1v) is 14.4. The minimum atomic E-state index is -0.254. The maximum absolute atomic E-state index is 13.5. The van der Waals surface area contributed by atoms with E-state index in [0.29, 0.717) is 80.1 Å². The Labute approximate surface area is 262 Å². The van der Waals surface area contributed by atoms with Gasteiger partial charge in [-0.2, -0.15) is 0 Å². The van der Waals surface area contributed by atoms with Crippen LogP contribution in [-0.4, -0.2) is 45.5 Å². The molecule has 0 fully saturated rings. The third-order valence-electron chi connectivity index (χ3n) is 7.15. The number of fused-ring (bicyclic) bond motifs is 1. The van der Waals surface area contributed by atoms with Gasteiger partial charge in [-0.1, -0.05) is 30.3 Å². The molecule has 5 aromatic rings. The van der Waals surface area contributed by atoms with Crippen molar-refractivity contribution in [1.29, 1.82) is 0 Å². The predicted molar refractivity (Wildman–Crippen MR) is 174 cm³/mol. The van der Waals surface area contributed by atoms with Crippen molar-refractivity contribution >= 4 is 33.5 Å². The molecule has 0 radical (unpaired) electrons. The van der Waals surface area contributed by atoms with Gasteiger partial charge in [0.1, 0.15) is 17.9 Å². The van der Waals surface area contributed by atoms with Gasteiger partial charge in [-0.05, 0) is 59.3 Å². The average molecular weight is 695 g/mol. The van der Waals surface area contributed by atoms with Gasteiger partial charge in [-0.3, -0.25) is 4.79 Å². The molecule has 0 aliphatic carbocycles. The first-order chi connectivity index (χ1) is 20.9. The molecule has 2 aromatic heterocycles. The van der Waals surface area contributed by atoms with Gasteiger partial charge in [-0.25, -0.2) is 4.98 Å². The molecular weight excluding hydrogens is 663 g/mol. The van der Waals surface area contributed by atoms with E-state index in [1.165, 1.54) is 0 Å². The zero-order chi connectivity index (χ0) is 30.7. The van der Waals surface area contributed by atoms with Crippen molar-refractivity contribution < 1.29 is 28.4 Å². The summed E-state index contributed by atoms with van der Waals surface area (Å²) in [5.74, 6) is 2.99. The number of aromatic amines is 1. The zero-order valence-electron chi connectivity index (χ0n) is 24.7. The molecule has 1 N–H and O–H groups in total. The molecule has 0 amide bonds. The van der Waals surface area contributed by atoms with Crippen LogP contribution in [0.25, 0.3) is 33.4 Å². The van der Waals surface area contributed by atoms with Crippen LogP contribution in [0, 0.1) is 10.5 Å². The molecule has 9 nitrogen and oxygen atoms in total. The predicted octanol–water partition coefficient (Wildman–Crippen LogP) is 6.79. The van der Waals surface area contributed by atoms with Crippen molar-refractivity contribution in [2.45, 2.75) is 13.5 Å². The quantitative estimate of drug-likeness (QED) is 0.160. The largest absolute Gasteiger partial charge is 0.494 e. The Balaban J connectivity index is 1.73. The number of pyridine rings is 2. The Morgan fingerprint density at radius 1 is 0.767 bits per heavy atom. The fourth-order valence-electron chi connectivity index (χ4n) is 5.00. The van der Waals surface area contributed by atoms with E-state index in [1.54, 1.807) is 54.6 Å². The first kappa shape index (κ1) is 30.0. The number of rotatable bonds is 10. The smallest absolute Gasteiger partial charge is 0.252 e. The number of methoxy groups -OCH3 is 5. The second kappa shape index (κ2) is 12.8. The minimum Gasteiger partial charge on any atom is -0.494 e. The molecule has 5 rings (SSSR count). The van der Waals surface area contributed by atoms with Crippen molar-refractivity contribution in [1.82, 2.24) is 9.97 Å². The van der Waals surface area contributed by atoms with Crippen molar-refractivity contribution in [3.05, 3.63) is 85.7 Å². The fraction of sp³-hybridized carbons (Fsp3) is 0.212. The molecule has 0 bridgehead atoms. The van der Waals surface area contributed by atoms with E-state index in [4.69, 9.17) is 33.4 Å². The van der Waals surface area contributed by atoms with E-state index >= 15 is 0 Å². The number of halogens is 1. The molecule has 0 spiro atoms. The van der Waals surface area contributed by atoms with Crippen LogP contribution < -0.4 is 34.0 Å². The highest BCUT2D eigenvalue weighted by Gasteiger charge is 2.25. The number of hydrogen-bond acceptors (Lipinski definition) is 8. The minimum absolute atomic E-state index is 0.254. The van der Waals surface area contributed by atoms with Gasteiger partial charge in [0.15, 0.2) is 23.0 Å². The number of hydrogen-bond donors (Lipinski definition) is 1. The molecule has 222 valence electrons.